The Labute approximate surface area is 204 Å². The molecule has 7 atom stereocenters. The smallest absolute Gasteiger partial charge is 0.326 e. The third-order valence-electron chi connectivity index (χ3n) is 6.29. The van der Waals surface area contributed by atoms with Gasteiger partial charge in [-0.05, 0) is 18.9 Å². The quantitative estimate of drug-likeness (QED) is 0.374. The summed E-state index contributed by atoms with van der Waals surface area (Å²) in [6.45, 7) is 6.08. The molecule has 1 heterocycles. The van der Waals surface area contributed by atoms with Gasteiger partial charge in [-0.15, -0.1) is 23.2 Å². The minimum Gasteiger partial charge on any atom is -0.480 e. The second-order valence-electron chi connectivity index (χ2n) is 8.87. The molecule has 0 spiro atoms. The lowest BCUT2D eigenvalue weighted by Gasteiger charge is -2.40. The fourth-order valence-electron chi connectivity index (χ4n) is 4.45. The second-order valence-corrected chi connectivity index (χ2v) is 9.94. The number of aliphatic hydroxyl groups excluding tert-OH is 1. The molecule has 33 heavy (non-hydrogen) atoms. The highest BCUT2D eigenvalue weighted by Gasteiger charge is 2.46. The van der Waals surface area contributed by atoms with Crippen LogP contribution in [0, 0.1) is 5.92 Å². The summed E-state index contributed by atoms with van der Waals surface area (Å²) in [4.78, 5) is 26.8. The van der Waals surface area contributed by atoms with E-state index in [9.17, 15) is 19.8 Å². The molecule has 1 aliphatic carbocycles. The van der Waals surface area contributed by atoms with Crippen molar-refractivity contribution in [1.82, 2.24) is 15.5 Å². The number of nitrogens with zero attached hydrogens (tertiary/aromatic N) is 1. The summed E-state index contributed by atoms with van der Waals surface area (Å²) < 4.78 is 5.93. The molecule has 1 aromatic carbocycles. The minimum atomic E-state index is -1.20. The van der Waals surface area contributed by atoms with E-state index < -0.39 is 46.8 Å². The molecule has 4 N–H and O–H groups in total. The van der Waals surface area contributed by atoms with Crippen molar-refractivity contribution in [2.24, 2.45) is 5.92 Å². The number of aliphatic carboxylic acids is 1. The molecule has 0 bridgehead atoms. The first-order chi connectivity index (χ1) is 15.8. The molecule has 3 rings (SSSR count). The van der Waals surface area contributed by atoms with Crippen LogP contribution in [0.2, 0.25) is 0 Å². The number of alkyl halides is 2. The molecule has 8 nitrogen and oxygen atoms in total. The Kier molecular flexibility index (Phi) is 9.79. The molecule has 1 aliphatic heterocycles. The van der Waals surface area contributed by atoms with Crippen molar-refractivity contribution in [3.05, 3.63) is 35.9 Å². The van der Waals surface area contributed by atoms with Crippen molar-refractivity contribution >= 4 is 35.1 Å². The number of hydrogen-bond donors (Lipinski definition) is 4. The van der Waals surface area contributed by atoms with E-state index in [4.69, 9.17) is 27.9 Å². The molecule has 10 heteroatoms. The zero-order valence-electron chi connectivity index (χ0n) is 18.7. The Balaban J connectivity index is 1.53. The molecule has 0 radical (unpaired) electrons. The highest BCUT2D eigenvalue weighted by Crippen LogP contribution is 2.34. The van der Waals surface area contributed by atoms with Gasteiger partial charge in [-0.2, -0.15) is 0 Å². The Morgan fingerprint density at radius 2 is 2.03 bits per heavy atom. The van der Waals surface area contributed by atoms with Crippen molar-refractivity contribution < 1.29 is 24.5 Å². The lowest BCUT2D eigenvalue weighted by atomic mass is 9.83. The lowest BCUT2D eigenvalue weighted by molar-refractivity contribution is -0.144. The van der Waals surface area contributed by atoms with Crippen LogP contribution < -0.4 is 10.6 Å². The number of carbonyl (C=O) groups excluding carboxylic acids is 1. The molecule has 1 amide bonds. The SMILES string of the molecule is CC1CN(CCOC2C(Cl)CC(C(=O)N[C@@H](Cc3ccccc3)C(=O)O)C(O)C2Cl)CCN1. The van der Waals surface area contributed by atoms with Crippen LogP contribution in [0.4, 0.5) is 0 Å². The molecule has 1 saturated carbocycles. The fraction of sp³-hybridized carbons (Fsp3) is 0.652. The van der Waals surface area contributed by atoms with Gasteiger partial charge in [-0.1, -0.05) is 30.3 Å². The summed E-state index contributed by atoms with van der Waals surface area (Å²) >= 11 is 13.0. The summed E-state index contributed by atoms with van der Waals surface area (Å²) in [5.41, 5.74) is 0.784. The standard InChI is InChI=1S/C23H33Cl2N3O5/c1-14-13-28(8-7-26-14)9-10-33-21-17(24)12-16(20(29)19(21)25)22(30)27-18(23(31)32)11-15-5-3-2-4-6-15/h2-6,14,16-21,26,29H,7-13H2,1H3,(H,27,30)(H,31,32)/t14?,16?,17?,18-,19?,20?,21?/m0/s1. The molecule has 2 fully saturated rings. The molecule has 1 aromatic rings. The number of piperazine rings is 1. The van der Waals surface area contributed by atoms with Gasteiger partial charge in [-0.3, -0.25) is 9.69 Å². The van der Waals surface area contributed by atoms with Crippen LogP contribution in [0.1, 0.15) is 18.9 Å². The van der Waals surface area contributed by atoms with Gasteiger partial charge >= 0.3 is 5.97 Å². The minimum absolute atomic E-state index is 0.135. The van der Waals surface area contributed by atoms with Crippen LogP contribution in [0.5, 0.6) is 0 Å². The third-order valence-corrected chi connectivity index (χ3v) is 7.23. The highest BCUT2D eigenvalue weighted by atomic mass is 35.5. The van der Waals surface area contributed by atoms with Gasteiger partial charge in [0.05, 0.1) is 35.5 Å². The maximum absolute atomic E-state index is 12.9. The molecule has 0 aromatic heterocycles. The zero-order chi connectivity index (χ0) is 24.0. The highest BCUT2D eigenvalue weighted by molar-refractivity contribution is 6.25. The van der Waals surface area contributed by atoms with E-state index in [2.05, 4.69) is 22.5 Å². The first-order valence-electron chi connectivity index (χ1n) is 11.4. The summed E-state index contributed by atoms with van der Waals surface area (Å²) in [5.74, 6) is -2.64. The van der Waals surface area contributed by atoms with Crippen LogP contribution in [-0.4, -0.2) is 94.8 Å². The number of aliphatic hydroxyl groups is 1. The molecule has 2 aliphatic rings. The second kappa shape index (κ2) is 12.3. The first kappa shape index (κ1) is 26.2. The van der Waals surface area contributed by atoms with Crippen LogP contribution in [-0.2, 0) is 20.7 Å². The number of carbonyl (C=O) groups is 2. The van der Waals surface area contributed by atoms with Gasteiger partial charge < -0.3 is 25.6 Å². The summed E-state index contributed by atoms with van der Waals surface area (Å²) in [6, 6.07) is 8.34. The zero-order valence-corrected chi connectivity index (χ0v) is 20.2. The number of benzene rings is 1. The lowest BCUT2D eigenvalue weighted by Crippen LogP contribution is -2.56. The van der Waals surface area contributed by atoms with E-state index in [1.54, 1.807) is 24.3 Å². The number of carboxylic acids is 1. The summed E-state index contributed by atoms with van der Waals surface area (Å²) in [5, 5.41) is 24.8. The Hall–Kier alpha value is -1.42. The number of rotatable bonds is 9. The van der Waals surface area contributed by atoms with E-state index in [-0.39, 0.29) is 12.8 Å². The van der Waals surface area contributed by atoms with E-state index in [0.29, 0.717) is 12.6 Å². The van der Waals surface area contributed by atoms with Crippen LogP contribution in [0.15, 0.2) is 30.3 Å². The molecular weight excluding hydrogens is 469 g/mol. The molecule has 1 saturated heterocycles. The van der Waals surface area contributed by atoms with Gasteiger partial charge in [0, 0.05) is 38.6 Å². The van der Waals surface area contributed by atoms with Crippen molar-refractivity contribution in [3.8, 4) is 0 Å². The van der Waals surface area contributed by atoms with Gasteiger partial charge in [0.1, 0.15) is 6.04 Å². The number of carboxylic acid groups (broad SMARTS) is 1. The Morgan fingerprint density at radius 3 is 2.70 bits per heavy atom. The Bertz CT molecular complexity index is 787. The maximum atomic E-state index is 12.9. The molecule has 184 valence electrons. The Morgan fingerprint density at radius 1 is 1.30 bits per heavy atom. The summed E-state index contributed by atoms with van der Waals surface area (Å²) in [7, 11) is 0. The summed E-state index contributed by atoms with van der Waals surface area (Å²) in [6.07, 6.45) is -1.52. The third kappa shape index (κ3) is 7.28. The monoisotopic (exact) mass is 501 g/mol. The van der Waals surface area contributed by atoms with Crippen molar-refractivity contribution in [1.29, 1.82) is 0 Å². The number of ether oxygens (including phenoxy) is 1. The van der Waals surface area contributed by atoms with E-state index in [1.807, 2.05) is 6.07 Å². The largest absolute Gasteiger partial charge is 0.480 e. The predicted molar refractivity (Wildman–Crippen MR) is 127 cm³/mol. The normalized spacial score (nSPS) is 31.6. The molecule has 6 unspecified atom stereocenters. The van der Waals surface area contributed by atoms with E-state index in [1.165, 1.54) is 0 Å². The maximum Gasteiger partial charge on any atom is 0.326 e. The van der Waals surface area contributed by atoms with E-state index >= 15 is 0 Å². The number of hydrogen-bond acceptors (Lipinski definition) is 6. The van der Waals surface area contributed by atoms with Gasteiger partial charge in [0.25, 0.3) is 0 Å². The van der Waals surface area contributed by atoms with Crippen molar-refractivity contribution in [2.75, 3.05) is 32.8 Å². The fourth-order valence-corrected chi connectivity index (χ4v) is 5.37. The van der Waals surface area contributed by atoms with Crippen LogP contribution in [0.25, 0.3) is 0 Å². The average molecular weight is 502 g/mol. The van der Waals surface area contributed by atoms with Crippen molar-refractivity contribution in [3.63, 3.8) is 0 Å². The number of amides is 1. The predicted octanol–water partition coefficient (Wildman–Crippen LogP) is 1.07. The van der Waals surface area contributed by atoms with Crippen LogP contribution in [0.3, 0.4) is 0 Å². The first-order valence-corrected chi connectivity index (χ1v) is 12.2. The van der Waals surface area contributed by atoms with Gasteiger partial charge in [0.15, 0.2) is 0 Å². The van der Waals surface area contributed by atoms with Crippen molar-refractivity contribution in [2.45, 2.75) is 54.8 Å². The van der Waals surface area contributed by atoms with Gasteiger partial charge in [-0.25, -0.2) is 4.79 Å². The topological polar surface area (TPSA) is 111 Å². The van der Waals surface area contributed by atoms with Crippen LogP contribution >= 0.6 is 23.2 Å². The van der Waals surface area contributed by atoms with E-state index in [0.717, 1.165) is 31.7 Å². The molecular formula is C23H33Cl2N3O5. The number of halogens is 2. The number of nitrogens with one attached hydrogen (secondary N) is 2. The van der Waals surface area contributed by atoms with Gasteiger partial charge in [0.2, 0.25) is 5.91 Å². The average Bonchev–Trinajstić information content (AvgIpc) is 2.78.